The average molecular weight is 266 g/mol. The summed E-state index contributed by atoms with van der Waals surface area (Å²) < 4.78 is 4.99. The molecule has 1 aromatic carbocycles. The van der Waals surface area contributed by atoms with Gasteiger partial charge < -0.3 is 15.2 Å². The maximum Gasteiger partial charge on any atom is 0.296 e. The summed E-state index contributed by atoms with van der Waals surface area (Å²) in [4.78, 5) is 10.6. The molecule has 0 radical (unpaired) electrons. The van der Waals surface area contributed by atoms with Crippen molar-refractivity contribution in [2.24, 2.45) is 5.41 Å². The fourth-order valence-corrected chi connectivity index (χ4v) is 2.25. The maximum absolute atomic E-state index is 11.1. The van der Waals surface area contributed by atoms with Crippen molar-refractivity contribution in [3.63, 3.8) is 0 Å². The van der Waals surface area contributed by atoms with E-state index in [1.165, 1.54) is 13.2 Å². The first kappa shape index (κ1) is 13.6. The third-order valence-electron chi connectivity index (χ3n) is 3.95. The molecule has 1 saturated carbocycles. The van der Waals surface area contributed by atoms with Crippen LogP contribution in [0.25, 0.3) is 0 Å². The molecule has 104 valence electrons. The lowest BCUT2D eigenvalue weighted by molar-refractivity contribution is -0.384. The summed E-state index contributed by atoms with van der Waals surface area (Å²) in [5, 5.41) is 23.9. The monoisotopic (exact) mass is 266 g/mol. The van der Waals surface area contributed by atoms with Gasteiger partial charge in [-0.15, -0.1) is 0 Å². The van der Waals surface area contributed by atoms with Crippen molar-refractivity contribution in [3.8, 4) is 5.75 Å². The van der Waals surface area contributed by atoms with Gasteiger partial charge in [0, 0.05) is 11.5 Å². The van der Waals surface area contributed by atoms with Gasteiger partial charge in [0.15, 0.2) is 0 Å². The molecule has 1 aliphatic carbocycles. The minimum Gasteiger partial charge on any atom is -0.496 e. The predicted octanol–water partition coefficient (Wildman–Crippen LogP) is 2.17. The van der Waals surface area contributed by atoms with Crippen molar-refractivity contribution in [2.75, 3.05) is 12.4 Å². The zero-order valence-electron chi connectivity index (χ0n) is 11.2. The van der Waals surface area contributed by atoms with Crippen LogP contribution in [0.4, 0.5) is 11.4 Å². The third kappa shape index (κ3) is 2.35. The summed E-state index contributed by atoms with van der Waals surface area (Å²) in [5.41, 5.74) is 0.153. The van der Waals surface area contributed by atoms with E-state index >= 15 is 0 Å². The van der Waals surface area contributed by atoms with E-state index in [0.717, 1.165) is 0 Å². The van der Waals surface area contributed by atoms with Crippen LogP contribution in [0.3, 0.4) is 0 Å². The van der Waals surface area contributed by atoms with E-state index < -0.39 is 4.92 Å². The molecule has 19 heavy (non-hydrogen) atoms. The van der Waals surface area contributed by atoms with Crippen LogP contribution in [0.2, 0.25) is 0 Å². The Morgan fingerprint density at radius 3 is 2.68 bits per heavy atom. The highest BCUT2D eigenvalue weighted by molar-refractivity contribution is 5.64. The lowest BCUT2D eigenvalue weighted by Crippen LogP contribution is -2.56. The third-order valence-corrected chi connectivity index (χ3v) is 3.95. The van der Waals surface area contributed by atoms with Gasteiger partial charge in [-0.25, -0.2) is 0 Å². The second-order valence-electron chi connectivity index (χ2n) is 5.41. The Morgan fingerprint density at radius 1 is 1.53 bits per heavy atom. The molecule has 0 heterocycles. The van der Waals surface area contributed by atoms with Crippen LogP contribution in [-0.2, 0) is 0 Å². The highest BCUT2D eigenvalue weighted by atomic mass is 16.6. The number of nitrogens with one attached hydrogen (secondary N) is 1. The van der Waals surface area contributed by atoms with Crippen molar-refractivity contribution in [2.45, 2.75) is 32.4 Å². The van der Waals surface area contributed by atoms with Crippen molar-refractivity contribution in [3.05, 3.63) is 28.3 Å². The summed E-state index contributed by atoms with van der Waals surface area (Å²) in [6, 6.07) is 4.73. The lowest BCUT2D eigenvalue weighted by atomic mass is 9.64. The van der Waals surface area contributed by atoms with Gasteiger partial charge in [0.1, 0.15) is 11.4 Å². The Hall–Kier alpha value is -1.82. The number of anilines is 1. The normalized spacial score (nSPS) is 24.4. The molecule has 0 amide bonds. The van der Waals surface area contributed by atoms with Gasteiger partial charge >= 0.3 is 0 Å². The largest absolute Gasteiger partial charge is 0.496 e. The van der Waals surface area contributed by atoms with E-state index in [1.807, 2.05) is 13.8 Å². The van der Waals surface area contributed by atoms with E-state index in [0.29, 0.717) is 17.9 Å². The molecule has 1 fully saturated rings. The van der Waals surface area contributed by atoms with Crippen LogP contribution >= 0.6 is 0 Å². The number of methoxy groups -OCH3 is 1. The number of nitrogens with zero attached hydrogens (tertiary/aromatic N) is 1. The summed E-state index contributed by atoms with van der Waals surface area (Å²) in [7, 11) is 1.47. The fraction of sp³-hybridized carbons (Fsp3) is 0.538. The molecule has 6 heteroatoms. The molecule has 0 aliphatic heterocycles. The van der Waals surface area contributed by atoms with Crippen LogP contribution in [0, 0.1) is 15.5 Å². The average Bonchev–Trinajstić information content (AvgIpc) is 2.38. The second kappa shape index (κ2) is 4.70. The maximum atomic E-state index is 11.1. The summed E-state index contributed by atoms with van der Waals surface area (Å²) in [6.45, 7) is 3.88. The van der Waals surface area contributed by atoms with Crippen molar-refractivity contribution < 1.29 is 14.8 Å². The van der Waals surface area contributed by atoms with Crippen LogP contribution in [0.15, 0.2) is 18.2 Å². The summed E-state index contributed by atoms with van der Waals surface area (Å²) in [6.07, 6.45) is 0.221. The first-order valence-corrected chi connectivity index (χ1v) is 6.13. The van der Waals surface area contributed by atoms with Gasteiger partial charge in [0.2, 0.25) is 0 Å². The fourth-order valence-electron chi connectivity index (χ4n) is 2.25. The molecular weight excluding hydrogens is 248 g/mol. The molecule has 0 spiro atoms. The van der Waals surface area contributed by atoms with Crippen molar-refractivity contribution in [1.29, 1.82) is 0 Å². The number of aliphatic hydroxyl groups is 1. The Labute approximate surface area is 111 Å². The van der Waals surface area contributed by atoms with Crippen LogP contribution in [-0.4, -0.2) is 29.3 Å². The van der Waals surface area contributed by atoms with Crippen molar-refractivity contribution >= 4 is 11.4 Å². The zero-order valence-corrected chi connectivity index (χ0v) is 11.2. The van der Waals surface area contributed by atoms with E-state index in [4.69, 9.17) is 4.74 Å². The number of ether oxygens (including phenoxy) is 1. The number of hydrogen-bond donors (Lipinski definition) is 2. The number of benzene rings is 1. The van der Waals surface area contributed by atoms with Crippen LogP contribution in [0.1, 0.15) is 20.3 Å². The predicted molar refractivity (Wildman–Crippen MR) is 71.5 cm³/mol. The smallest absolute Gasteiger partial charge is 0.296 e. The second-order valence-corrected chi connectivity index (χ2v) is 5.41. The molecule has 1 aromatic rings. The number of hydrogen-bond acceptors (Lipinski definition) is 5. The number of nitro groups is 1. The molecule has 0 bridgehead atoms. The van der Waals surface area contributed by atoms with Crippen molar-refractivity contribution in [1.82, 2.24) is 0 Å². The standard InChI is InChI=1S/C13H18N2O4/c1-13(2)11(7-12(13)16)14-9-5-4-8(19-3)6-10(9)15(17)18/h4-6,11-12,14,16H,7H2,1-3H3. The summed E-state index contributed by atoms with van der Waals surface area (Å²) >= 11 is 0. The SMILES string of the molecule is COc1ccc(NC2CC(O)C2(C)C)c([N+](=O)[O-])c1. The molecule has 0 saturated heterocycles. The number of aliphatic hydroxyl groups excluding tert-OH is 1. The van der Waals surface area contributed by atoms with E-state index in [-0.39, 0.29) is 23.2 Å². The minimum atomic E-state index is -0.438. The lowest BCUT2D eigenvalue weighted by Gasteiger charge is -2.49. The summed E-state index contributed by atoms with van der Waals surface area (Å²) in [5.74, 6) is 0.449. The number of rotatable bonds is 4. The van der Waals surface area contributed by atoms with Crippen LogP contribution in [0.5, 0.6) is 5.75 Å². The topological polar surface area (TPSA) is 84.6 Å². The molecule has 6 nitrogen and oxygen atoms in total. The molecule has 2 unspecified atom stereocenters. The Bertz CT molecular complexity index is 501. The van der Waals surface area contributed by atoms with Gasteiger partial charge in [-0.2, -0.15) is 0 Å². The van der Waals surface area contributed by atoms with E-state index in [9.17, 15) is 15.2 Å². The van der Waals surface area contributed by atoms with E-state index in [2.05, 4.69) is 5.32 Å². The molecule has 0 aromatic heterocycles. The van der Waals surface area contributed by atoms with Gasteiger partial charge in [-0.3, -0.25) is 10.1 Å². The van der Waals surface area contributed by atoms with Gasteiger partial charge in [0.05, 0.1) is 24.2 Å². The Balaban J connectivity index is 2.23. The molecule has 1 aliphatic rings. The molecule has 2 atom stereocenters. The Morgan fingerprint density at radius 2 is 2.21 bits per heavy atom. The Kier molecular flexibility index (Phi) is 3.36. The zero-order chi connectivity index (χ0) is 14.2. The first-order valence-electron chi connectivity index (χ1n) is 6.13. The highest BCUT2D eigenvalue weighted by Crippen LogP contribution is 2.43. The number of nitro benzene ring substituents is 1. The minimum absolute atomic E-state index is 0.0171. The van der Waals surface area contributed by atoms with Gasteiger partial charge in [-0.05, 0) is 18.6 Å². The quantitative estimate of drug-likeness (QED) is 0.644. The van der Waals surface area contributed by atoms with E-state index in [1.54, 1.807) is 12.1 Å². The van der Waals surface area contributed by atoms with Gasteiger partial charge in [0.25, 0.3) is 5.69 Å². The molecule has 2 rings (SSSR count). The first-order chi connectivity index (χ1) is 8.86. The highest BCUT2D eigenvalue weighted by Gasteiger charge is 2.47. The van der Waals surface area contributed by atoms with Gasteiger partial charge in [-0.1, -0.05) is 13.8 Å². The molecule has 2 N–H and O–H groups in total. The van der Waals surface area contributed by atoms with Crippen LogP contribution < -0.4 is 10.1 Å². The molecular formula is C13H18N2O4.